The van der Waals surface area contributed by atoms with Crippen LogP contribution in [0.25, 0.3) is 0 Å². The molecule has 2 unspecified atom stereocenters. The van der Waals surface area contributed by atoms with E-state index in [1.54, 1.807) is 7.05 Å². The summed E-state index contributed by atoms with van der Waals surface area (Å²) in [5, 5.41) is 22.6. The molecule has 0 spiro atoms. The number of nitrogens with one attached hydrogen (secondary N) is 1. The molecule has 0 aliphatic rings. The van der Waals surface area contributed by atoms with Crippen molar-refractivity contribution in [2.75, 3.05) is 13.6 Å². The third kappa shape index (κ3) is 3.74. The van der Waals surface area contributed by atoms with E-state index < -0.39 is 18.0 Å². The maximum absolute atomic E-state index is 13.0. The Bertz CT molecular complexity index is 360. The summed E-state index contributed by atoms with van der Waals surface area (Å²) in [6.07, 6.45) is -1.51. The van der Waals surface area contributed by atoms with Crippen molar-refractivity contribution < 1.29 is 14.6 Å². The molecule has 0 amide bonds. The van der Waals surface area contributed by atoms with Gasteiger partial charge in [-0.05, 0) is 43.3 Å². The highest BCUT2D eigenvalue weighted by molar-refractivity contribution is 5.30. The summed E-state index contributed by atoms with van der Waals surface area (Å²) in [7, 11) is 1.77. The Morgan fingerprint density at radius 3 is 2.71 bits per heavy atom. The van der Waals surface area contributed by atoms with Crippen molar-refractivity contribution in [3.05, 3.63) is 35.1 Å². The van der Waals surface area contributed by atoms with Crippen molar-refractivity contribution in [1.82, 2.24) is 5.32 Å². The fraction of sp³-hybridized carbons (Fsp3) is 0.500. The normalized spacial score (nSPS) is 14.6. The van der Waals surface area contributed by atoms with Crippen molar-refractivity contribution in [2.24, 2.45) is 5.73 Å². The van der Waals surface area contributed by atoms with Gasteiger partial charge >= 0.3 is 0 Å². The largest absolute Gasteiger partial charge is 0.390 e. The molecule has 0 bridgehead atoms. The van der Waals surface area contributed by atoms with Gasteiger partial charge in [0.25, 0.3) is 0 Å². The second-order valence-electron chi connectivity index (χ2n) is 3.95. The Morgan fingerprint density at radius 2 is 2.12 bits per heavy atom. The summed E-state index contributed by atoms with van der Waals surface area (Å²) in [5.74, 6) is -0.397. The van der Waals surface area contributed by atoms with E-state index in [1.807, 2.05) is 0 Å². The molecular weight excluding hydrogens is 223 g/mol. The zero-order valence-electron chi connectivity index (χ0n) is 9.86. The van der Waals surface area contributed by atoms with Gasteiger partial charge in [-0.1, -0.05) is 6.07 Å². The van der Waals surface area contributed by atoms with E-state index in [-0.39, 0.29) is 6.54 Å². The van der Waals surface area contributed by atoms with Crippen molar-refractivity contribution in [3.8, 4) is 0 Å². The van der Waals surface area contributed by atoms with E-state index in [4.69, 9.17) is 5.73 Å². The van der Waals surface area contributed by atoms with Gasteiger partial charge < -0.3 is 21.3 Å². The molecule has 2 atom stereocenters. The third-order valence-corrected chi connectivity index (χ3v) is 2.70. The monoisotopic (exact) mass is 242 g/mol. The van der Waals surface area contributed by atoms with Crippen LogP contribution >= 0.6 is 0 Å². The molecule has 0 fully saturated rings. The van der Waals surface area contributed by atoms with Gasteiger partial charge in [-0.2, -0.15) is 0 Å². The summed E-state index contributed by atoms with van der Waals surface area (Å²) >= 11 is 0. The first-order valence-corrected chi connectivity index (χ1v) is 5.59. The van der Waals surface area contributed by atoms with Gasteiger partial charge in [0.2, 0.25) is 0 Å². The molecular formula is C12H19FN2O2. The fourth-order valence-corrected chi connectivity index (χ4v) is 1.70. The molecule has 4 nitrogen and oxygen atoms in total. The van der Waals surface area contributed by atoms with Crippen LogP contribution < -0.4 is 11.1 Å². The molecule has 1 aromatic carbocycles. The standard InChI is InChI=1S/C12H19FN2O2/c1-15-5-4-11(16)12(17)10-3-2-9(13)6-8(10)7-14/h2-3,6,11-12,15-17H,4-5,7,14H2,1H3. The van der Waals surface area contributed by atoms with Crippen LogP contribution in [-0.2, 0) is 6.54 Å². The van der Waals surface area contributed by atoms with Gasteiger partial charge in [-0.3, -0.25) is 0 Å². The number of aliphatic hydroxyl groups excluding tert-OH is 2. The number of aliphatic hydroxyl groups is 2. The summed E-state index contributed by atoms with van der Waals surface area (Å²) in [4.78, 5) is 0. The summed E-state index contributed by atoms with van der Waals surface area (Å²) in [5.41, 5.74) is 6.48. The summed E-state index contributed by atoms with van der Waals surface area (Å²) < 4.78 is 13.0. The third-order valence-electron chi connectivity index (χ3n) is 2.70. The summed E-state index contributed by atoms with van der Waals surface area (Å²) in [6, 6.07) is 4.00. The molecule has 0 aliphatic heterocycles. The van der Waals surface area contributed by atoms with Crippen LogP contribution in [0.2, 0.25) is 0 Å². The molecule has 0 radical (unpaired) electrons. The lowest BCUT2D eigenvalue weighted by atomic mass is 9.97. The van der Waals surface area contributed by atoms with Crippen molar-refractivity contribution >= 4 is 0 Å². The van der Waals surface area contributed by atoms with E-state index in [0.29, 0.717) is 24.1 Å². The Balaban J connectivity index is 2.83. The number of benzene rings is 1. The predicted molar refractivity (Wildman–Crippen MR) is 63.8 cm³/mol. The van der Waals surface area contributed by atoms with Crippen LogP contribution in [-0.4, -0.2) is 29.9 Å². The SMILES string of the molecule is CNCCC(O)C(O)c1ccc(F)cc1CN. The highest BCUT2D eigenvalue weighted by Crippen LogP contribution is 2.23. The quantitative estimate of drug-likeness (QED) is 0.578. The van der Waals surface area contributed by atoms with Crippen LogP contribution in [0.4, 0.5) is 4.39 Å². The lowest BCUT2D eigenvalue weighted by Gasteiger charge is -2.20. The van der Waals surface area contributed by atoms with Gasteiger partial charge in [-0.25, -0.2) is 4.39 Å². The Labute approximate surface area is 100 Å². The topological polar surface area (TPSA) is 78.5 Å². The van der Waals surface area contributed by atoms with E-state index >= 15 is 0 Å². The Hall–Kier alpha value is -1.01. The van der Waals surface area contributed by atoms with Crippen LogP contribution in [0, 0.1) is 5.82 Å². The van der Waals surface area contributed by atoms with Crippen molar-refractivity contribution in [1.29, 1.82) is 0 Å². The highest BCUT2D eigenvalue weighted by Gasteiger charge is 2.20. The van der Waals surface area contributed by atoms with Crippen LogP contribution in [0.5, 0.6) is 0 Å². The van der Waals surface area contributed by atoms with E-state index in [9.17, 15) is 14.6 Å². The zero-order valence-corrected chi connectivity index (χ0v) is 9.86. The zero-order chi connectivity index (χ0) is 12.8. The summed E-state index contributed by atoms with van der Waals surface area (Å²) in [6.45, 7) is 0.723. The van der Waals surface area contributed by atoms with E-state index in [2.05, 4.69) is 5.32 Å². The molecule has 0 saturated heterocycles. The van der Waals surface area contributed by atoms with Crippen LogP contribution in [0.1, 0.15) is 23.7 Å². The molecule has 5 heteroatoms. The van der Waals surface area contributed by atoms with E-state index in [1.165, 1.54) is 18.2 Å². The van der Waals surface area contributed by atoms with Crippen LogP contribution in [0.3, 0.4) is 0 Å². The van der Waals surface area contributed by atoms with Gasteiger partial charge in [-0.15, -0.1) is 0 Å². The first-order chi connectivity index (χ1) is 8.10. The Kier molecular flexibility index (Phi) is 5.50. The lowest BCUT2D eigenvalue weighted by Crippen LogP contribution is -2.24. The number of hydrogen-bond donors (Lipinski definition) is 4. The van der Waals surface area contributed by atoms with Gasteiger partial charge in [0, 0.05) is 6.54 Å². The molecule has 1 rings (SSSR count). The minimum atomic E-state index is -1.04. The smallest absolute Gasteiger partial charge is 0.123 e. The minimum absolute atomic E-state index is 0.128. The fourth-order valence-electron chi connectivity index (χ4n) is 1.70. The van der Waals surface area contributed by atoms with Gasteiger partial charge in [0.05, 0.1) is 6.10 Å². The van der Waals surface area contributed by atoms with Gasteiger partial charge in [0.1, 0.15) is 11.9 Å². The highest BCUT2D eigenvalue weighted by atomic mass is 19.1. The van der Waals surface area contributed by atoms with Crippen LogP contribution in [0.15, 0.2) is 18.2 Å². The maximum Gasteiger partial charge on any atom is 0.123 e. The average molecular weight is 242 g/mol. The number of hydrogen-bond acceptors (Lipinski definition) is 4. The van der Waals surface area contributed by atoms with Crippen molar-refractivity contribution in [3.63, 3.8) is 0 Å². The number of nitrogens with two attached hydrogens (primary N) is 1. The molecule has 0 heterocycles. The minimum Gasteiger partial charge on any atom is -0.390 e. The Morgan fingerprint density at radius 1 is 1.41 bits per heavy atom. The molecule has 96 valence electrons. The average Bonchev–Trinajstić information content (AvgIpc) is 2.34. The first kappa shape index (κ1) is 14.1. The predicted octanol–water partition coefficient (Wildman–Crippen LogP) is 0.288. The van der Waals surface area contributed by atoms with Crippen molar-refractivity contribution in [2.45, 2.75) is 25.2 Å². The van der Waals surface area contributed by atoms with E-state index in [0.717, 1.165) is 0 Å². The molecule has 5 N–H and O–H groups in total. The molecule has 0 saturated carbocycles. The lowest BCUT2D eigenvalue weighted by molar-refractivity contribution is 0.0135. The van der Waals surface area contributed by atoms with Gasteiger partial charge in [0.15, 0.2) is 0 Å². The molecule has 0 aliphatic carbocycles. The molecule has 17 heavy (non-hydrogen) atoms. The maximum atomic E-state index is 13.0. The first-order valence-electron chi connectivity index (χ1n) is 5.59. The molecule has 1 aromatic rings. The number of halogens is 1. The molecule has 0 aromatic heterocycles. The second kappa shape index (κ2) is 6.66. The second-order valence-corrected chi connectivity index (χ2v) is 3.95. The number of rotatable bonds is 6.